The molecule has 176 valence electrons. The first kappa shape index (κ1) is 25.5. The number of carbonyl (C=O) groups is 2. The van der Waals surface area contributed by atoms with E-state index in [-0.39, 0.29) is 6.04 Å². The maximum absolute atomic E-state index is 12.4. The lowest BCUT2D eigenvalue weighted by molar-refractivity contribution is 0.0205. The molecule has 0 fully saturated rings. The van der Waals surface area contributed by atoms with Crippen LogP contribution < -0.4 is 15.0 Å². The lowest BCUT2D eigenvalue weighted by Crippen LogP contribution is -2.36. The standard InChI is InChI=1S/C23H33N3O5S/c1-22(2,3)30-20(27)25-17(18-14-32-19(24-18)26(7)8)13-15-9-11-16(12-10-15)29-21(28)31-23(4,5)6/h9-12,14,17H,13H2,1-8H3,(H,25,27). The fourth-order valence-electron chi connectivity index (χ4n) is 2.62. The van der Waals surface area contributed by atoms with E-state index in [4.69, 9.17) is 14.2 Å². The van der Waals surface area contributed by atoms with E-state index in [0.29, 0.717) is 12.2 Å². The Hall–Kier alpha value is -2.81. The molecule has 1 heterocycles. The highest BCUT2D eigenvalue weighted by Gasteiger charge is 2.23. The molecule has 1 atom stereocenters. The molecule has 0 saturated carbocycles. The van der Waals surface area contributed by atoms with Gasteiger partial charge in [-0.3, -0.25) is 0 Å². The molecule has 0 aliphatic heterocycles. The van der Waals surface area contributed by atoms with Gasteiger partial charge in [0.25, 0.3) is 0 Å². The number of thiazole rings is 1. The number of aromatic nitrogens is 1. The topological polar surface area (TPSA) is 90.0 Å². The number of nitrogens with zero attached hydrogens (tertiary/aromatic N) is 2. The molecule has 1 unspecified atom stereocenters. The molecule has 1 N–H and O–H groups in total. The number of amides is 1. The third-order valence-corrected chi connectivity index (χ3v) is 4.92. The van der Waals surface area contributed by atoms with E-state index >= 15 is 0 Å². The molecule has 1 aromatic carbocycles. The van der Waals surface area contributed by atoms with E-state index in [0.717, 1.165) is 16.4 Å². The fraction of sp³-hybridized carbons (Fsp3) is 0.522. The van der Waals surface area contributed by atoms with Crippen LogP contribution in [0.2, 0.25) is 0 Å². The third kappa shape index (κ3) is 8.74. The van der Waals surface area contributed by atoms with Crippen LogP contribution >= 0.6 is 11.3 Å². The van der Waals surface area contributed by atoms with Crippen molar-refractivity contribution in [1.29, 1.82) is 0 Å². The monoisotopic (exact) mass is 463 g/mol. The molecule has 8 nitrogen and oxygen atoms in total. The van der Waals surface area contributed by atoms with Crippen LogP contribution in [0.3, 0.4) is 0 Å². The number of benzene rings is 1. The highest BCUT2D eigenvalue weighted by molar-refractivity contribution is 7.13. The van der Waals surface area contributed by atoms with E-state index < -0.39 is 23.5 Å². The summed E-state index contributed by atoms with van der Waals surface area (Å²) in [7, 11) is 3.84. The molecule has 9 heteroatoms. The lowest BCUT2D eigenvalue weighted by atomic mass is 10.0. The summed E-state index contributed by atoms with van der Waals surface area (Å²) in [6.45, 7) is 10.8. The van der Waals surface area contributed by atoms with Gasteiger partial charge in [-0.25, -0.2) is 14.6 Å². The summed E-state index contributed by atoms with van der Waals surface area (Å²) in [6.07, 6.45) is -0.775. The van der Waals surface area contributed by atoms with E-state index in [1.807, 2.05) is 57.3 Å². The Kier molecular flexibility index (Phi) is 8.12. The molecule has 0 radical (unpaired) electrons. The van der Waals surface area contributed by atoms with E-state index in [9.17, 15) is 9.59 Å². The van der Waals surface area contributed by atoms with Crippen LogP contribution in [0.15, 0.2) is 29.6 Å². The quantitative estimate of drug-likeness (QED) is 0.457. The van der Waals surface area contributed by atoms with Crippen molar-refractivity contribution in [3.05, 3.63) is 40.9 Å². The highest BCUT2D eigenvalue weighted by atomic mass is 32.1. The van der Waals surface area contributed by atoms with Crippen LogP contribution in [0.5, 0.6) is 5.75 Å². The Bertz CT molecular complexity index is 911. The molecule has 2 rings (SSSR count). The average Bonchev–Trinajstić information content (AvgIpc) is 3.10. The van der Waals surface area contributed by atoms with Gasteiger partial charge in [-0.2, -0.15) is 0 Å². The number of anilines is 1. The van der Waals surface area contributed by atoms with Crippen LogP contribution in [0.1, 0.15) is 58.8 Å². The highest BCUT2D eigenvalue weighted by Crippen LogP contribution is 2.26. The zero-order valence-corrected chi connectivity index (χ0v) is 20.8. The number of ether oxygens (including phenoxy) is 3. The smallest absolute Gasteiger partial charge is 0.444 e. The number of nitrogens with one attached hydrogen (secondary N) is 1. The summed E-state index contributed by atoms with van der Waals surface area (Å²) < 4.78 is 15.8. The van der Waals surface area contributed by atoms with Crippen molar-refractivity contribution < 1.29 is 23.8 Å². The van der Waals surface area contributed by atoms with E-state index in [2.05, 4.69) is 10.3 Å². The van der Waals surface area contributed by atoms with Crippen molar-refractivity contribution in [2.24, 2.45) is 0 Å². The molecular weight excluding hydrogens is 430 g/mol. The Morgan fingerprint density at radius 3 is 2.12 bits per heavy atom. The van der Waals surface area contributed by atoms with Gasteiger partial charge >= 0.3 is 12.2 Å². The van der Waals surface area contributed by atoms with Crippen molar-refractivity contribution >= 4 is 28.7 Å². The van der Waals surface area contributed by atoms with Crippen LogP contribution in [0.25, 0.3) is 0 Å². The second kappa shape index (κ2) is 10.2. The predicted molar refractivity (Wildman–Crippen MR) is 126 cm³/mol. The summed E-state index contributed by atoms with van der Waals surface area (Å²) >= 11 is 1.50. The number of alkyl carbamates (subject to hydrolysis) is 1. The Morgan fingerprint density at radius 1 is 1.03 bits per heavy atom. The molecule has 0 bridgehead atoms. The van der Waals surface area contributed by atoms with Gasteiger partial charge in [0.05, 0.1) is 11.7 Å². The number of hydrogen-bond acceptors (Lipinski definition) is 8. The zero-order valence-electron chi connectivity index (χ0n) is 20.0. The largest absolute Gasteiger partial charge is 0.514 e. The Morgan fingerprint density at radius 2 is 1.62 bits per heavy atom. The number of rotatable bonds is 6. The Balaban J connectivity index is 2.14. The van der Waals surface area contributed by atoms with Crippen LogP contribution in [0, 0.1) is 0 Å². The van der Waals surface area contributed by atoms with E-state index in [1.54, 1.807) is 32.9 Å². The maximum Gasteiger partial charge on any atom is 0.514 e. The van der Waals surface area contributed by atoms with Gasteiger partial charge in [0.1, 0.15) is 17.0 Å². The number of hydrogen-bond donors (Lipinski definition) is 1. The summed E-state index contributed by atoms with van der Waals surface area (Å²) in [5.74, 6) is 0.378. The summed E-state index contributed by atoms with van der Waals surface area (Å²) in [6, 6.07) is 6.67. The average molecular weight is 464 g/mol. The molecular formula is C23H33N3O5S. The number of carbonyl (C=O) groups excluding carboxylic acids is 2. The fourth-order valence-corrected chi connectivity index (χ4v) is 3.43. The van der Waals surface area contributed by atoms with Crippen molar-refractivity contribution in [1.82, 2.24) is 10.3 Å². The predicted octanol–water partition coefficient (Wildman–Crippen LogP) is 5.33. The van der Waals surface area contributed by atoms with Crippen molar-refractivity contribution in [2.75, 3.05) is 19.0 Å². The van der Waals surface area contributed by atoms with Crippen LogP contribution in [-0.4, -0.2) is 42.5 Å². The molecule has 0 saturated heterocycles. The summed E-state index contributed by atoms with van der Waals surface area (Å²) in [5.41, 5.74) is 0.448. The molecule has 32 heavy (non-hydrogen) atoms. The summed E-state index contributed by atoms with van der Waals surface area (Å²) in [4.78, 5) is 30.8. The minimum atomic E-state index is -0.756. The van der Waals surface area contributed by atoms with Gasteiger partial charge in [0, 0.05) is 19.5 Å². The molecule has 0 aliphatic rings. The first-order valence-corrected chi connectivity index (χ1v) is 11.2. The van der Waals surface area contributed by atoms with Gasteiger partial charge in [-0.05, 0) is 65.7 Å². The lowest BCUT2D eigenvalue weighted by Gasteiger charge is -2.23. The zero-order chi connectivity index (χ0) is 24.1. The molecule has 1 aromatic heterocycles. The molecule has 2 aromatic rings. The van der Waals surface area contributed by atoms with Gasteiger partial charge in [-0.1, -0.05) is 12.1 Å². The second-order valence-corrected chi connectivity index (χ2v) is 10.4. The van der Waals surface area contributed by atoms with Crippen LogP contribution in [-0.2, 0) is 15.9 Å². The first-order valence-electron chi connectivity index (χ1n) is 10.3. The van der Waals surface area contributed by atoms with Gasteiger partial charge < -0.3 is 24.4 Å². The van der Waals surface area contributed by atoms with Crippen LogP contribution in [0.4, 0.5) is 14.7 Å². The van der Waals surface area contributed by atoms with Crippen molar-refractivity contribution in [3.8, 4) is 5.75 Å². The SMILES string of the molecule is CN(C)c1nc(C(Cc2ccc(OC(=O)OC(C)(C)C)cc2)NC(=O)OC(C)(C)C)cs1. The third-order valence-electron chi connectivity index (χ3n) is 3.89. The minimum Gasteiger partial charge on any atom is -0.444 e. The minimum absolute atomic E-state index is 0.378. The van der Waals surface area contributed by atoms with Gasteiger partial charge in [-0.15, -0.1) is 11.3 Å². The van der Waals surface area contributed by atoms with Crippen molar-refractivity contribution in [3.63, 3.8) is 0 Å². The Labute approximate surface area is 193 Å². The van der Waals surface area contributed by atoms with Gasteiger partial charge in [0.15, 0.2) is 5.13 Å². The molecule has 0 spiro atoms. The first-order chi connectivity index (χ1) is 14.7. The van der Waals surface area contributed by atoms with Crippen molar-refractivity contribution in [2.45, 2.75) is 65.2 Å². The maximum atomic E-state index is 12.4. The second-order valence-electron chi connectivity index (χ2n) is 9.56. The normalized spacial score (nSPS) is 12.6. The molecule has 0 aliphatic carbocycles. The summed E-state index contributed by atoms with van der Waals surface area (Å²) in [5, 5.41) is 5.69. The molecule has 1 amide bonds. The van der Waals surface area contributed by atoms with Gasteiger partial charge in [0.2, 0.25) is 0 Å². The van der Waals surface area contributed by atoms with E-state index in [1.165, 1.54) is 11.3 Å².